The van der Waals surface area contributed by atoms with Gasteiger partial charge in [0.25, 0.3) is 0 Å². The van der Waals surface area contributed by atoms with E-state index in [-0.39, 0.29) is 12.0 Å². The number of ether oxygens (including phenoxy) is 1. The van der Waals surface area contributed by atoms with Gasteiger partial charge in [0.2, 0.25) is 0 Å². The first-order valence-corrected chi connectivity index (χ1v) is 6.52. The molecule has 3 unspecified atom stereocenters. The quantitative estimate of drug-likeness (QED) is 0.773. The summed E-state index contributed by atoms with van der Waals surface area (Å²) >= 11 is 0. The standard InChI is InChI=1S/C13H25NO3/c1-4-10-5-6-11(13(15)16)12(9-10)14(2)7-8-17-3/h10-12H,4-9H2,1-3H3,(H,15,16). The van der Waals surface area contributed by atoms with Gasteiger partial charge in [0.15, 0.2) is 0 Å². The van der Waals surface area contributed by atoms with Gasteiger partial charge in [0.1, 0.15) is 0 Å². The van der Waals surface area contributed by atoms with E-state index in [1.54, 1.807) is 7.11 Å². The number of methoxy groups -OCH3 is 1. The highest BCUT2D eigenvalue weighted by Crippen LogP contribution is 2.33. The van der Waals surface area contributed by atoms with E-state index in [9.17, 15) is 9.90 Å². The summed E-state index contributed by atoms with van der Waals surface area (Å²) in [6.45, 7) is 3.66. The molecule has 1 N–H and O–H groups in total. The largest absolute Gasteiger partial charge is 0.481 e. The minimum Gasteiger partial charge on any atom is -0.481 e. The van der Waals surface area contributed by atoms with Crippen molar-refractivity contribution < 1.29 is 14.6 Å². The van der Waals surface area contributed by atoms with Gasteiger partial charge in [-0.05, 0) is 32.2 Å². The lowest BCUT2D eigenvalue weighted by Crippen LogP contribution is -2.46. The molecule has 0 saturated heterocycles. The van der Waals surface area contributed by atoms with Crippen LogP contribution in [0.3, 0.4) is 0 Å². The molecule has 4 nitrogen and oxygen atoms in total. The maximum absolute atomic E-state index is 11.3. The van der Waals surface area contributed by atoms with Crippen molar-refractivity contribution in [2.45, 2.75) is 38.6 Å². The van der Waals surface area contributed by atoms with Crippen LogP contribution >= 0.6 is 0 Å². The molecule has 4 heteroatoms. The summed E-state index contributed by atoms with van der Waals surface area (Å²) in [4.78, 5) is 13.4. The molecule has 0 aromatic carbocycles. The van der Waals surface area contributed by atoms with Crippen LogP contribution < -0.4 is 0 Å². The SMILES string of the molecule is CCC1CCC(C(=O)O)C(N(C)CCOC)C1. The average Bonchev–Trinajstić information content (AvgIpc) is 2.34. The van der Waals surface area contributed by atoms with Crippen molar-refractivity contribution in [1.29, 1.82) is 0 Å². The van der Waals surface area contributed by atoms with E-state index in [0.29, 0.717) is 12.5 Å². The van der Waals surface area contributed by atoms with E-state index in [2.05, 4.69) is 11.8 Å². The molecule has 0 radical (unpaired) electrons. The highest BCUT2D eigenvalue weighted by molar-refractivity contribution is 5.71. The second-order valence-corrected chi connectivity index (χ2v) is 5.07. The third-order valence-corrected chi connectivity index (χ3v) is 4.03. The Balaban J connectivity index is 2.62. The normalized spacial score (nSPS) is 29.5. The van der Waals surface area contributed by atoms with Crippen molar-refractivity contribution in [3.63, 3.8) is 0 Å². The minimum atomic E-state index is -0.645. The van der Waals surface area contributed by atoms with Crippen molar-refractivity contribution >= 4 is 5.97 Å². The van der Waals surface area contributed by atoms with Gasteiger partial charge in [-0.15, -0.1) is 0 Å². The number of rotatable bonds is 6. The molecule has 1 fully saturated rings. The topological polar surface area (TPSA) is 49.8 Å². The lowest BCUT2D eigenvalue weighted by molar-refractivity contribution is -0.146. The number of nitrogens with zero attached hydrogens (tertiary/aromatic N) is 1. The molecule has 1 rings (SSSR count). The third kappa shape index (κ3) is 3.96. The van der Waals surface area contributed by atoms with Gasteiger partial charge in [-0.2, -0.15) is 0 Å². The highest BCUT2D eigenvalue weighted by atomic mass is 16.5. The zero-order chi connectivity index (χ0) is 12.8. The van der Waals surface area contributed by atoms with Crippen molar-refractivity contribution in [1.82, 2.24) is 4.90 Å². The first-order valence-electron chi connectivity index (χ1n) is 6.52. The van der Waals surface area contributed by atoms with Crippen molar-refractivity contribution in [2.24, 2.45) is 11.8 Å². The number of carboxylic acid groups (broad SMARTS) is 1. The molecule has 1 aliphatic rings. The summed E-state index contributed by atoms with van der Waals surface area (Å²) in [5.41, 5.74) is 0. The highest BCUT2D eigenvalue weighted by Gasteiger charge is 2.36. The Kier molecular flexibility index (Phi) is 5.92. The van der Waals surface area contributed by atoms with Crippen LogP contribution in [0.25, 0.3) is 0 Å². The number of carboxylic acids is 1. The molecule has 0 amide bonds. The Morgan fingerprint density at radius 1 is 1.47 bits per heavy atom. The van der Waals surface area contributed by atoms with Crippen LogP contribution in [0.2, 0.25) is 0 Å². The van der Waals surface area contributed by atoms with E-state index in [0.717, 1.165) is 32.2 Å². The first-order chi connectivity index (χ1) is 8.10. The zero-order valence-corrected chi connectivity index (χ0v) is 11.2. The van der Waals surface area contributed by atoms with Gasteiger partial charge in [0.05, 0.1) is 12.5 Å². The Morgan fingerprint density at radius 3 is 2.71 bits per heavy atom. The van der Waals surface area contributed by atoms with Crippen LogP contribution in [0.1, 0.15) is 32.6 Å². The minimum absolute atomic E-state index is 0.168. The summed E-state index contributed by atoms with van der Waals surface area (Å²) in [5.74, 6) is -0.172. The summed E-state index contributed by atoms with van der Waals surface area (Å²) in [6, 6.07) is 0.168. The predicted octanol–water partition coefficient (Wildman–Crippen LogP) is 1.84. The van der Waals surface area contributed by atoms with Gasteiger partial charge < -0.3 is 14.7 Å². The number of hydrogen-bond acceptors (Lipinski definition) is 3. The summed E-state index contributed by atoms with van der Waals surface area (Å²) < 4.78 is 5.06. The van der Waals surface area contributed by atoms with Gasteiger partial charge in [-0.25, -0.2) is 0 Å². The maximum atomic E-state index is 11.3. The molecule has 0 spiro atoms. The van der Waals surface area contributed by atoms with E-state index < -0.39 is 5.97 Å². The van der Waals surface area contributed by atoms with E-state index in [1.165, 1.54) is 0 Å². The van der Waals surface area contributed by atoms with Gasteiger partial charge in [0, 0.05) is 19.7 Å². The van der Waals surface area contributed by atoms with Crippen molar-refractivity contribution in [3.8, 4) is 0 Å². The maximum Gasteiger partial charge on any atom is 0.308 e. The molecule has 0 aromatic heterocycles. The summed E-state index contributed by atoms with van der Waals surface area (Å²) in [6.07, 6.45) is 4.03. The van der Waals surface area contributed by atoms with Gasteiger partial charge in [-0.1, -0.05) is 13.3 Å². The fraction of sp³-hybridized carbons (Fsp3) is 0.923. The van der Waals surface area contributed by atoms with Gasteiger partial charge in [-0.3, -0.25) is 4.79 Å². The van der Waals surface area contributed by atoms with Crippen molar-refractivity contribution in [3.05, 3.63) is 0 Å². The van der Waals surface area contributed by atoms with E-state index in [4.69, 9.17) is 4.74 Å². The molecule has 0 bridgehead atoms. The van der Waals surface area contributed by atoms with Gasteiger partial charge >= 0.3 is 5.97 Å². The molecule has 1 aliphatic carbocycles. The fourth-order valence-electron chi connectivity index (χ4n) is 2.78. The summed E-state index contributed by atoms with van der Waals surface area (Å²) in [5, 5.41) is 9.28. The van der Waals surface area contributed by atoms with Crippen LogP contribution in [-0.4, -0.2) is 49.3 Å². The molecular formula is C13H25NO3. The molecule has 100 valence electrons. The number of likely N-dealkylation sites (N-methyl/N-ethyl adjacent to an activating group) is 1. The molecule has 17 heavy (non-hydrogen) atoms. The fourth-order valence-corrected chi connectivity index (χ4v) is 2.78. The number of carbonyl (C=O) groups is 1. The Bertz CT molecular complexity index is 245. The second kappa shape index (κ2) is 6.97. The Labute approximate surface area is 104 Å². The van der Waals surface area contributed by atoms with Crippen LogP contribution in [0.4, 0.5) is 0 Å². The number of hydrogen-bond donors (Lipinski definition) is 1. The molecule has 3 atom stereocenters. The summed E-state index contributed by atoms with van der Waals surface area (Å²) in [7, 11) is 3.69. The second-order valence-electron chi connectivity index (χ2n) is 5.07. The molecule has 1 saturated carbocycles. The molecule has 0 aromatic rings. The zero-order valence-electron chi connectivity index (χ0n) is 11.2. The first kappa shape index (κ1) is 14.5. The lowest BCUT2D eigenvalue weighted by Gasteiger charge is -2.39. The predicted molar refractivity (Wildman–Crippen MR) is 67.1 cm³/mol. The van der Waals surface area contributed by atoms with E-state index in [1.807, 2.05) is 7.05 Å². The van der Waals surface area contributed by atoms with Crippen LogP contribution in [0.15, 0.2) is 0 Å². The van der Waals surface area contributed by atoms with Crippen molar-refractivity contribution in [2.75, 3.05) is 27.3 Å². The van der Waals surface area contributed by atoms with Crippen LogP contribution in [-0.2, 0) is 9.53 Å². The molecule has 0 aliphatic heterocycles. The van der Waals surface area contributed by atoms with Crippen LogP contribution in [0.5, 0.6) is 0 Å². The third-order valence-electron chi connectivity index (χ3n) is 4.03. The van der Waals surface area contributed by atoms with E-state index >= 15 is 0 Å². The average molecular weight is 243 g/mol. The Morgan fingerprint density at radius 2 is 2.18 bits per heavy atom. The lowest BCUT2D eigenvalue weighted by atomic mass is 9.76. The number of aliphatic carboxylic acids is 1. The Hall–Kier alpha value is -0.610. The monoisotopic (exact) mass is 243 g/mol. The van der Waals surface area contributed by atoms with Crippen LogP contribution in [0, 0.1) is 11.8 Å². The smallest absolute Gasteiger partial charge is 0.308 e. The molecular weight excluding hydrogens is 218 g/mol. The molecule has 0 heterocycles.